The van der Waals surface area contributed by atoms with E-state index in [4.69, 9.17) is 0 Å². The number of hydrogen-bond donors (Lipinski definition) is 2. The van der Waals surface area contributed by atoms with E-state index in [0.717, 1.165) is 42.9 Å². The van der Waals surface area contributed by atoms with Crippen LogP contribution in [0.5, 0.6) is 0 Å². The average Bonchev–Trinajstić information content (AvgIpc) is 3.37. The number of rotatable bonds is 5. The summed E-state index contributed by atoms with van der Waals surface area (Å²) in [5, 5.41) is 6.46. The third-order valence-electron chi connectivity index (χ3n) is 5.52. The maximum atomic E-state index is 12.8. The zero-order valence-corrected chi connectivity index (χ0v) is 15.2. The molecule has 0 unspecified atom stereocenters. The van der Waals surface area contributed by atoms with E-state index >= 15 is 0 Å². The molecule has 26 heavy (non-hydrogen) atoms. The van der Waals surface area contributed by atoms with Gasteiger partial charge in [0.05, 0.1) is 0 Å². The summed E-state index contributed by atoms with van der Waals surface area (Å²) in [5.74, 6) is 0.416. The minimum absolute atomic E-state index is 0.0141. The number of benzene rings is 2. The average molecular weight is 349 g/mol. The van der Waals surface area contributed by atoms with Crippen LogP contribution >= 0.6 is 0 Å². The van der Waals surface area contributed by atoms with E-state index in [0.29, 0.717) is 5.92 Å². The smallest absolute Gasteiger partial charge is 0.255 e. The van der Waals surface area contributed by atoms with Crippen LogP contribution in [-0.4, -0.2) is 37.0 Å². The topological polar surface area (TPSA) is 44.4 Å². The van der Waals surface area contributed by atoms with Crippen LogP contribution in [0.4, 0.5) is 5.69 Å². The van der Waals surface area contributed by atoms with Gasteiger partial charge in [0.1, 0.15) is 0 Å². The van der Waals surface area contributed by atoms with Crippen molar-refractivity contribution in [2.75, 3.05) is 31.5 Å². The summed E-state index contributed by atoms with van der Waals surface area (Å²) in [4.78, 5) is 15.3. The Balaban J connectivity index is 1.43. The van der Waals surface area contributed by atoms with Crippen LogP contribution in [-0.2, 0) is 6.54 Å². The maximum absolute atomic E-state index is 12.8. The molecule has 136 valence electrons. The van der Waals surface area contributed by atoms with Crippen molar-refractivity contribution < 1.29 is 4.79 Å². The van der Waals surface area contributed by atoms with Gasteiger partial charge in [0.2, 0.25) is 0 Å². The number of nitrogens with zero attached hydrogens (tertiary/aromatic N) is 1. The largest absolute Gasteiger partial charge is 0.322 e. The first kappa shape index (κ1) is 17.3. The van der Waals surface area contributed by atoms with Crippen LogP contribution in [0.2, 0.25) is 0 Å². The van der Waals surface area contributed by atoms with Gasteiger partial charge in [0.15, 0.2) is 0 Å². The summed E-state index contributed by atoms with van der Waals surface area (Å²) in [5.41, 5.74) is 4.12. The Morgan fingerprint density at radius 3 is 2.58 bits per heavy atom. The third kappa shape index (κ3) is 3.97. The molecule has 2 fully saturated rings. The second kappa shape index (κ2) is 8.02. The van der Waals surface area contributed by atoms with Crippen LogP contribution in [0.25, 0.3) is 0 Å². The highest BCUT2D eigenvalue weighted by Crippen LogP contribution is 2.26. The van der Waals surface area contributed by atoms with Crippen molar-refractivity contribution in [2.45, 2.75) is 31.7 Å². The molecular formula is C22H27N3O. The molecule has 1 atom stereocenters. The van der Waals surface area contributed by atoms with Gasteiger partial charge in [-0.05, 0) is 74.1 Å². The van der Waals surface area contributed by atoms with Crippen molar-refractivity contribution >= 4 is 11.6 Å². The summed E-state index contributed by atoms with van der Waals surface area (Å²) < 4.78 is 0. The number of likely N-dealkylation sites (tertiary alicyclic amines) is 1. The molecular weight excluding hydrogens is 322 g/mol. The summed E-state index contributed by atoms with van der Waals surface area (Å²) in [6.45, 7) is 5.39. The zero-order chi connectivity index (χ0) is 17.8. The summed E-state index contributed by atoms with van der Waals surface area (Å²) >= 11 is 0. The van der Waals surface area contributed by atoms with E-state index in [9.17, 15) is 4.79 Å². The predicted molar refractivity (Wildman–Crippen MR) is 106 cm³/mol. The fraction of sp³-hybridized carbons (Fsp3) is 0.409. The Morgan fingerprint density at radius 1 is 1.08 bits per heavy atom. The number of anilines is 1. The number of carbonyl (C=O) groups excluding carboxylic acids is 1. The van der Waals surface area contributed by atoms with Crippen molar-refractivity contribution in [2.24, 2.45) is 0 Å². The quantitative estimate of drug-likeness (QED) is 0.867. The van der Waals surface area contributed by atoms with Crippen LogP contribution in [0.3, 0.4) is 0 Å². The first-order valence-electron chi connectivity index (χ1n) is 9.72. The first-order valence-corrected chi connectivity index (χ1v) is 9.72. The van der Waals surface area contributed by atoms with Crippen LogP contribution < -0.4 is 10.6 Å². The molecule has 1 amide bonds. The third-order valence-corrected chi connectivity index (χ3v) is 5.52. The normalized spacial score (nSPS) is 20.4. The van der Waals surface area contributed by atoms with Crippen LogP contribution in [0, 0.1) is 0 Å². The van der Waals surface area contributed by atoms with E-state index < -0.39 is 0 Å². The Labute approximate surface area is 155 Å². The Hall–Kier alpha value is -2.17. The van der Waals surface area contributed by atoms with Gasteiger partial charge in [-0.2, -0.15) is 0 Å². The fourth-order valence-electron chi connectivity index (χ4n) is 4.07. The minimum atomic E-state index is -0.0141. The molecule has 0 bridgehead atoms. The van der Waals surface area contributed by atoms with Gasteiger partial charge in [-0.3, -0.25) is 9.69 Å². The highest BCUT2D eigenvalue weighted by molar-refractivity contribution is 6.05. The second-order valence-electron chi connectivity index (χ2n) is 7.41. The van der Waals surface area contributed by atoms with E-state index in [-0.39, 0.29) is 5.91 Å². The predicted octanol–water partition coefficient (Wildman–Crippen LogP) is 3.61. The lowest BCUT2D eigenvalue weighted by molar-refractivity contribution is 0.102. The number of carbonyl (C=O) groups is 1. The van der Waals surface area contributed by atoms with Crippen molar-refractivity contribution in [3.63, 3.8) is 0 Å². The lowest BCUT2D eigenvalue weighted by Gasteiger charge is -2.16. The van der Waals surface area contributed by atoms with E-state index in [1.807, 2.05) is 30.3 Å². The zero-order valence-electron chi connectivity index (χ0n) is 15.2. The number of hydrogen-bond acceptors (Lipinski definition) is 3. The van der Waals surface area contributed by atoms with E-state index in [1.54, 1.807) is 0 Å². The molecule has 2 saturated heterocycles. The lowest BCUT2D eigenvalue weighted by Crippen LogP contribution is -2.18. The van der Waals surface area contributed by atoms with Gasteiger partial charge < -0.3 is 10.6 Å². The summed E-state index contributed by atoms with van der Waals surface area (Å²) in [6, 6.07) is 16.3. The Kier molecular flexibility index (Phi) is 5.32. The molecule has 2 N–H and O–H groups in total. The molecule has 4 rings (SSSR count). The van der Waals surface area contributed by atoms with Gasteiger partial charge >= 0.3 is 0 Å². The number of nitrogens with one attached hydrogen (secondary N) is 2. The standard InChI is InChI=1S/C22H27N3O/c26-22(21-6-2-1-5-20(21)18-11-12-23-15-18)24-19-9-7-17(8-10-19)16-25-13-3-4-14-25/h1-2,5-10,18,23H,3-4,11-16H2,(H,24,26)/t18-/m1/s1. The molecule has 2 aromatic rings. The van der Waals surface area contributed by atoms with Gasteiger partial charge in [0.25, 0.3) is 5.91 Å². The molecule has 0 aliphatic carbocycles. The lowest BCUT2D eigenvalue weighted by atomic mass is 9.93. The number of amides is 1. The van der Waals surface area contributed by atoms with Crippen LogP contribution in [0.1, 0.15) is 46.7 Å². The van der Waals surface area contributed by atoms with Gasteiger partial charge in [-0.25, -0.2) is 0 Å². The monoisotopic (exact) mass is 349 g/mol. The molecule has 4 heteroatoms. The highest BCUT2D eigenvalue weighted by Gasteiger charge is 2.22. The Morgan fingerprint density at radius 2 is 1.85 bits per heavy atom. The van der Waals surface area contributed by atoms with Gasteiger partial charge in [-0.1, -0.05) is 30.3 Å². The van der Waals surface area contributed by atoms with E-state index in [2.05, 4.69) is 33.7 Å². The molecule has 2 aliphatic heterocycles. The highest BCUT2D eigenvalue weighted by atomic mass is 16.1. The second-order valence-corrected chi connectivity index (χ2v) is 7.41. The minimum Gasteiger partial charge on any atom is -0.322 e. The molecule has 2 aliphatic rings. The molecule has 0 saturated carbocycles. The fourth-order valence-corrected chi connectivity index (χ4v) is 4.07. The molecule has 4 nitrogen and oxygen atoms in total. The molecule has 0 radical (unpaired) electrons. The molecule has 0 aromatic heterocycles. The van der Waals surface area contributed by atoms with Gasteiger partial charge in [0, 0.05) is 24.3 Å². The molecule has 2 aromatic carbocycles. The molecule has 0 spiro atoms. The van der Waals surface area contributed by atoms with Crippen molar-refractivity contribution in [1.82, 2.24) is 10.2 Å². The maximum Gasteiger partial charge on any atom is 0.255 e. The molecule has 2 heterocycles. The first-order chi connectivity index (χ1) is 12.8. The van der Waals surface area contributed by atoms with Crippen LogP contribution in [0.15, 0.2) is 48.5 Å². The van der Waals surface area contributed by atoms with Crippen molar-refractivity contribution in [3.8, 4) is 0 Å². The van der Waals surface area contributed by atoms with Crippen molar-refractivity contribution in [3.05, 3.63) is 65.2 Å². The summed E-state index contributed by atoms with van der Waals surface area (Å²) in [7, 11) is 0. The SMILES string of the molecule is O=C(Nc1ccc(CN2CCCC2)cc1)c1ccccc1[C@@H]1CCNC1. The van der Waals surface area contributed by atoms with E-state index in [1.165, 1.54) is 31.5 Å². The van der Waals surface area contributed by atoms with Crippen molar-refractivity contribution in [1.29, 1.82) is 0 Å². The van der Waals surface area contributed by atoms with Gasteiger partial charge in [-0.15, -0.1) is 0 Å². The summed E-state index contributed by atoms with van der Waals surface area (Å²) in [6.07, 6.45) is 3.71. The Bertz CT molecular complexity index is 744.